The number of carbonyl (C=O) groups is 2. The van der Waals surface area contributed by atoms with Crippen LogP contribution in [0.15, 0.2) is 30.3 Å². The number of carbonyl (C=O) groups excluding carboxylic acids is 2. The van der Waals surface area contributed by atoms with Gasteiger partial charge in [0, 0.05) is 18.2 Å². The number of rotatable bonds is 6. The zero-order chi connectivity index (χ0) is 20.0. The van der Waals surface area contributed by atoms with Crippen LogP contribution in [0.4, 0.5) is 11.4 Å². The Morgan fingerprint density at radius 1 is 0.741 bits per heavy atom. The molecule has 2 amide bonds. The third-order valence-electron chi connectivity index (χ3n) is 3.59. The number of hydrogen-bond donors (Lipinski definition) is 2. The summed E-state index contributed by atoms with van der Waals surface area (Å²) in [6.07, 6.45) is 0. The van der Waals surface area contributed by atoms with Crippen molar-refractivity contribution in [3.8, 4) is 23.0 Å². The summed E-state index contributed by atoms with van der Waals surface area (Å²) in [4.78, 5) is 24.5. The molecule has 0 aliphatic carbocycles. The molecule has 0 spiro atoms. The van der Waals surface area contributed by atoms with Crippen LogP contribution in [-0.2, 0) is 9.59 Å². The molecule has 2 aromatic carbocycles. The highest BCUT2D eigenvalue weighted by atomic mass is 35.5. The average Bonchev–Trinajstić information content (AvgIpc) is 2.68. The lowest BCUT2D eigenvalue weighted by Gasteiger charge is -2.14. The molecule has 27 heavy (non-hydrogen) atoms. The lowest BCUT2D eigenvalue weighted by molar-refractivity contribution is -0.133. The molecule has 0 aromatic heterocycles. The molecule has 0 heterocycles. The van der Waals surface area contributed by atoms with E-state index in [1.807, 2.05) is 0 Å². The first-order valence-electron chi connectivity index (χ1n) is 7.69. The average molecular weight is 395 g/mol. The number of anilines is 2. The van der Waals surface area contributed by atoms with E-state index >= 15 is 0 Å². The van der Waals surface area contributed by atoms with Gasteiger partial charge >= 0.3 is 11.8 Å². The van der Waals surface area contributed by atoms with E-state index in [-0.39, 0.29) is 11.4 Å². The van der Waals surface area contributed by atoms with Crippen molar-refractivity contribution < 1.29 is 28.5 Å². The van der Waals surface area contributed by atoms with Crippen LogP contribution in [0.1, 0.15) is 0 Å². The molecule has 0 radical (unpaired) electrons. The van der Waals surface area contributed by atoms with Gasteiger partial charge in [-0.05, 0) is 12.1 Å². The van der Waals surface area contributed by atoms with Gasteiger partial charge in [0.05, 0.1) is 44.8 Å². The largest absolute Gasteiger partial charge is 0.497 e. The van der Waals surface area contributed by atoms with Crippen LogP contribution >= 0.6 is 11.6 Å². The summed E-state index contributed by atoms with van der Waals surface area (Å²) in [6.45, 7) is 0. The Balaban J connectivity index is 2.18. The van der Waals surface area contributed by atoms with Gasteiger partial charge in [0.2, 0.25) is 0 Å². The summed E-state index contributed by atoms with van der Waals surface area (Å²) in [5, 5.41) is 5.25. The fraction of sp³-hybridized carbons (Fsp3) is 0.222. The monoisotopic (exact) mass is 394 g/mol. The normalized spacial score (nSPS) is 9.96. The quantitative estimate of drug-likeness (QED) is 0.731. The van der Waals surface area contributed by atoms with Crippen LogP contribution in [-0.4, -0.2) is 40.3 Å². The van der Waals surface area contributed by atoms with Crippen molar-refractivity contribution in [1.29, 1.82) is 0 Å². The Bertz CT molecular complexity index is 856. The fourth-order valence-corrected chi connectivity index (χ4v) is 2.45. The first-order chi connectivity index (χ1) is 12.9. The Kier molecular flexibility index (Phi) is 6.73. The molecule has 2 rings (SSSR count). The third-order valence-corrected chi connectivity index (χ3v) is 3.88. The van der Waals surface area contributed by atoms with E-state index in [0.717, 1.165) is 0 Å². The van der Waals surface area contributed by atoms with Gasteiger partial charge in [-0.3, -0.25) is 9.59 Å². The Labute approximate surface area is 161 Å². The van der Waals surface area contributed by atoms with Crippen molar-refractivity contribution in [1.82, 2.24) is 0 Å². The topological polar surface area (TPSA) is 95.1 Å². The molecule has 144 valence electrons. The second-order valence-corrected chi connectivity index (χ2v) is 5.57. The molecule has 0 bridgehead atoms. The van der Waals surface area contributed by atoms with Gasteiger partial charge in [-0.15, -0.1) is 0 Å². The Morgan fingerprint density at radius 3 is 1.85 bits per heavy atom. The zero-order valence-corrected chi connectivity index (χ0v) is 16.0. The maximum absolute atomic E-state index is 12.3. The van der Waals surface area contributed by atoms with Gasteiger partial charge in [0.1, 0.15) is 23.0 Å². The van der Waals surface area contributed by atoms with Gasteiger partial charge in [0.25, 0.3) is 0 Å². The van der Waals surface area contributed by atoms with Crippen LogP contribution in [0, 0.1) is 0 Å². The molecule has 0 aliphatic rings. The van der Waals surface area contributed by atoms with Crippen LogP contribution in [0.5, 0.6) is 23.0 Å². The number of ether oxygens (including phenoxy) is 4. The SMILES string of the molecule is COc1ccc(NC(=O)C(=O)Nc2cc(OC)c(Cl)cc2OC)c(OC)c1. The predicted molar refractivity (Wildman–Crippen MR) is 101 cm³/mol. The lowest BCUT2D eigenvalue weighted by Crippen LogP contribution is -2.29. The maximum atomic E-state index is 12.3. The van der Waals surface area contributed by atoms with Crippen molar-refractivity contribution in [3.63, 3.8) is 0 Å². The number of methoxy groups -OCH3 is 4. The minimum atomic E-state index is -0.907. The number of hydrogen-bond acceptors (Lipinski definition) is 6. The second-order valence-electron chi connectivity index (χ2n) is 5.16. The number of nitrogens with one attached hydrogen (secondary N) is 2. The van der Waals surface area contributed by atoms with Crippen molar-refractivity contribution in [2.45, 2.75) is 0 Å². The number of halogens is 1. The van der Waals surface area contributed by atoms with Gasteiger partial charge in [-0.2, -0.15) is 0 Å². The van der Waals surface area contributed by atoms with Crippen molar-refractivity contribution >= 4 is 34.8 Å². The standard InChI is InChI=1S/C18H19ClN2O6/c1-24-10-5-6-12(15(7-10)26-3)20-17(22)18(23)21-13-9-14(25-2)11(19)8-16(13)27-4/h5-9H,1-4H3,(H,20,22)(H,21,23). The Morgan fingerprint density at radius 2 is 1.30 bits per heavy atom. The van der Waals surface area contributed by atoms with E-state index in [4.69, 9.17) is 30.5 Å². The summed E-state index contributed by atoms with van der Waals surface area (Å²) < 4.78 is 20.6. The van der Waals surface area contributed by atoms with Gasteiger partial charge in [-0.1, -0.05) is 11.6 Å². The summed E-state index contributed by atoms with van der Waals surface area (Å²) in [6, 6.07) is 7.71. The molecule has 0 aliphatic heterocycles. The predicted octanol–water partition coefficient (Wildman–Crippen LogP) is 2.95. The highest BCUT2D eigenvalue weighted by molar-refractivity contribution is 6.44. The second kappa shape index (κ2) is 9.00. The van der Waals surface area contributed by atoms with E-state index in [0.29, 0.717) is 28.0 Å². The molecule has 2 aromatic rings. The zero-order valence-electron chi connectivity index (χ0n) is 15.2. The molecule has 8 nitrogen and oxygen atoms in total. The van der Waals surface area contributed by atoms with Crippen LogP contribution < -0.4 is 29.6 Å². The fourth-order valence-electron chi connectivity index (χ4n) is 2.22. The molecule has 0 unspecified atom stereocenters. The van der Waals surface area contributed by atoms with E-state index in [9.17, 15) is 9.59 Å². The highest BCUT2D eigenvalue weighted by Crippen LogP contribution is 2.36. The number of benzene rings is 2. The first kappa shape index (κ1) is 20.2. The summed E-state index contributed by atoms with van der Waals surface area (Å²) in [5.41, 5.74) is 0.555. The van der Waals surface area contributed by atoms with Crippen LogP contribution in [0.25, 0.3) is 0 Å². The minimum Gasteiger partial charge on any atom is -0.497 e. The van der Waals surface area contributed by atoms with Crippen molar-refractivity contribution in [2.24, 2.45) is 0 Å². The molecule has 0 fully saturated rings. The summed E-state index contributed by atoms with van der Waals surface area (Å²) in [5.74, 6) is -0.299. The molecule has 0 saturated carbocycles. The summed E-state index contributed by atoms with van der Waals surface area (Å²) in [7, 11) is 5.79. The lowest BCUT2D eigenvalue weighted by atomic mass is 10.2. The smallest absolute Gasteiger partial charge is 0.314 e. The third kappa shape index (κ3) is 4.73. The van der Waals surface area contributed by atoms with Gasteiger partial charge in [-0.25, -0.2) is 0 Å². The molecule has 0 saturated heterocycles. The minimum absolute atomic E-state index is 0.237. The molecule has 0 atom stereocenters. The number of amides is 2. The Hall–Kier alpha value is -3.13. The molecular formula is C18H19ClN2O6. The van der Waals surface area contributed by atoms with Crippen molar-refractivity contribution in [3.05, 3.63) is 35.4 Å². The van der Waals surface area contributed by atoms with E-state index in [2.05, 4.69) is 10.6 Å². The van der Waals surface area contributed by atoms with E-state index in [1.165, 1.54) is 40.6 Å². The van der Waals surface area contributed by atoms with Crippen LogP contribution in [0.2, 0.25) is 5.02 Å². The molecule has 2 N–H and O–H groups in total. The highest BCUT2D eigenvalue weighted by Gasteiger charge is 2.19. The maximum Gasteiger partial charge on any atom is 0.314 e. The van der Waals surface area contributed by atoms with Gasteiger partial charge in [0.15, 0.2) is 0 Å². The summed E-state index contributed by atoms with van der Waals surface area (Å²) >= 11 is 6.02. The van der Waals surface area contributed by atoms with Crippen molar-refractivity contribution in [2.75, 3.05) is 39.1 Å². The van der Waals surface area contributed by atoms with Gasteiger partial charge < -0.3 is 29.6 Å². The van der Waals surface area contributed by atoms with E-state index in [1.54, 1.807) is 18.2 Å². The van der Waals surface area contributed by atoms with E-state index < -0.39 is 11.8 Å². The molecular weight excluding hydrogens is 376 g/mol. The first-order valence-corrected chi connectivity index (χ1v) is 8.07. The van der Waals surface area contributed by atoms with Crippen LogP contribution in [0.3, 0.4) is 0 Å². The molecule has 9 heteroatoms.